The van der Waals surface area contributed by atoms with Crippen molar-refractivity contribution >= 4 is 11.9 Å². The summed E-state index contributed by atoms with van der Waals surface area (Å²) in [6.45, 7) is 2.84. The van der Waals surface area contributed by atoms with E-state index in [0.717, 1.165) is 12.1 Å². The molecule has 19 heavy (non-hydrogen) atoms. The zero-order valence-electron chi connectivity index (χ0n) is 10.9. The molecule has 6 heteroatoms. The molecule has 0 saturated carbocycles. The molecule has 2 unspecified atom stereocenters. The highest BCUT2D eigenvalue weighted by atomic mass is 19.1. The number of hydrogen-bond donors (Lipinski definition) is 2. The van der Waals surface area contributed by atoms with Gasteiger partial charge in [-0.05, 0) is 31.5 Å². The van der Waals surface area contributed by atoms with Crippen LogP contribution in [0, 0.1) is 5.82 Å². The predicted molar refractivity (Wildman–Crippen MR) is 66.0 cm³/mol. The van der Waals surface area contributed by atoms with Crippen LogP contribution in [0.1, 0.15) is 19.4 Å². The van der Waals surface area contributed by atoms with Gasteiger partial charge in [-0.2, -0.15) is 0 Å². The summed E-state index contributed by atoms with van der Waals surface area (Å²) in [6.07, 6.45) is -0.779. The molecule has 0 aromatic heterocycles. The largest absolute Gasteiger partial charge is 0.479 e. The molecule has 0 aliphatic carbocycles. The summed E-state index contributed by atoms with van der Waals surface area (Å²) in [4.78, 5) is 23.2. The third-order valence-corrected chi connectivity index (χ3v) is 2.95. The van der Waals surface area contributed by atoms with Crippen molar-refractivity contribution in [3.05, 3.63) is 35.6 Å². The summed E-state index contributed by atoms with van der Waals surface area (Å²) in [5.41, 5.74) is -1.37. The number of carboxylic acids is 1. The number of hydrogen-bond acceptors (Lipinski definition) is 3. The van der Waals surface area contributed by atoms with Crippen molar-refractivity contribution in [2.75, 3.05) is 7.11 Å². The summed E-state index contributed by atoms with van der Waals surface area (Å²) in [5, 5.41) is 11.7. The first-order chi connectivity index (χ1) is 8.81. The van der Waals surface area contributed by atoms with Crippen LogP contribution in [0.4, 0.5) is 4.39 Å². The fraction of sp³-hybridized carbons (Fsp3) is 0.385. The minimum atomic E-state index is -1.64. The Kier molecular flexibility index (Phi) is 4.61. The summed E-state index contributed by atoms with van der Waals surface area (Å²) in [5.74, 6) is -2.28. The van der Waals surface area contributed by atoms with Crippen molar-refractivity contribution in [1.29, 1.82) is 0 Å². The molecule has 0 aliphatic rings. The van der Waals surface area contributed by atoms with Gasteiger partial charge in [0.1, 0.15) is 11.9 Å². The Bertz CT molecular complexity index is 474. The predicted octanol–water partition coefficient (Wildman–Crippen LogP) is 1.28. The molecule has 0 radical (unpaired) electrons. The molecule has 2 N–H and O–H groups in total. The normalized spacial score (nSPS) is 15.4. The van der Waals surface area contributed by atoms with Crippen molar-refractivity contribution in [3.63, 3.8) is 0 Å². The smallest absolute Gasteiger partial charge is 0.333 e. The topological polar surface area (TPSA) is 75.6 Å². The number of methoxy groups -OCH3 is 1. The van der Waals surface area contributed by atoms with Crippen molar-refractivity contribution in [2.24, 2.45) is 0 Å². The van der Waals surface area contributed by atoms with Crippen molar-refractivity contribution in [1.82, 2.24) is 5.32 Å². The molecule has 104 valence electrons. The van der Waals surface area contributed by atoms with E-state index in [1.54, 1.807) is 0 Å². The second kappa shape index (κ2) is 5.79. The molecule has 1 amide bonds. The highest BCUT2D eigenvalue weighted by Crippen LogP contribution is 2.22. The second-order valence-electron chi connectivity index (χ2n) is 4.30. The molecule has 0 fully saturated rings. The Hall–Kier alpha value is -1.95. The molecular weight excluding hydrogens is 253 g/mol. The van der Waals surface area contributed by atoms with Gasteiger partial charge >= 0.3 is 5.97 Å². The highest BCUT2D eigenvalue weighted by molar-refractivity contribution is 5.89. The Morgan fingerprint density at radius 2 is 1.89 bits per heavy atom. The lowest BCUT2D eigenvalue weighted by molar-refractivity contribution is -0.149. The van der Waals surface area contributed by atoms with Gasteiger partial charge in [0.05, 0.1) is 0 Å². The van der Waals surface area contributed by atoms with Gasteiger partial charge in [0, 0.05) is 7.11 Å². The molecule has 5 nitrogen and oxygen atoms in total. The maximum atomic E-state index is 12.9. The minimum absolute atomic E-state index is 0.276. The maximum absolute atomic E-state index is 12.9. The van der Waals surface area contributed by atoms with E-state index in [4.69, 9.17) is 4.74 Å². The van der Waals surface area contributed by atoms with Crippen molar-refractivity contribution < 1.29 is 23.8 Å². The van der Waals surface area contributed by atoms with Crippen LogP contribution in [-0.2, 0) is 19.9 Å². The number of carboxylic acid groups (broad SMARTS) is 1. The second-order valence-corrected chi connectivity index (χ2v) is 4.30. The summed E-state index contributed by atoms with van der Waals surface area (Å²) in [6, 6.07) is 4.92. The van der Waals surface area contributed by atoms with Crippen LogP contribution in [0.3, 0.4) is 0 Å². The van der Waals surface area contributed by atoms with Crippen LogP contribution < -0.4 is 5.32 Å². The molecule has 1 rings (SSSR count). The lowest BCUT2D eigenvalue weighted by Crippen LogP contribution is -2.52. The molecule has 1 aromatic carbocycles. The van der Waals surface area contributed by atoms with Gasteiger partial charge in [-0.25, -0.2) is 9.18 Å². The molecule has 0 aliphatic heterocycles. The molecule has 1 aromatic rings. The molecule has 0 saturated heterocycles. The number of rotatable bonds is 5. The van der Waals surface area contributed by atoms with Gasteiger partial charge in [-0.1, -0.05) is 12.1 Å². The molecule has 0 heterocycles. The van der Waals surface area contributed by atoms with E-state index in [1.807, 2.05) is 0 Å². The van der Waals surface area contributed by atoms with Gasteiger partial charge in [0.2, 0.25) is 5.91 Å². The van der Waals surface area contributed by atoms with Crippen molar-refractivity contribution in [3.8, 4) is 0 Å². The Labute approximate surface area is 110 Å². The average Bonchev–Trinajstić information content (AvgIpc) is 2.37. The van der Waals surface area contributed by atoms with Crippen LogP contribution in [0.15, 0.2) is 24.3 Å². The van der Waals surface area contributed by atoms with Gasteiger partial charge in [-0.15, -0.1) is 0 Å². The number of carbonyl (C=O) groups is 2. The minimum Gasteiger partial charge on any atom is -0.479 e. The van der Waals surface area contributed by atoms with Crippen molar-refractivity contribution in [2.45, 2.75) is 25.5 Å². The SMILES string of the molecule is COC(C)C(=O)NC(C)(C(=O)O)c1ccc(F)cc1. The number of carbonyl (C=O) groups excluding carboxylic acids is 1. The quantitative estimate of drug-likeness (QED) is 0.844. The summed E-state index contributed by atoms with van der Waals surface area (Å²) < 4.78 is 17.7. The maximum Gasteiger partial charge on any atom is 0.333 e. The number of ether oxygens (including phenoxy) is 1. The van der Waals surface area contributed by atoms with E-state index < -0.39 is 29.3 Å². The zero-order chi connectivity index (χ0) is 14.6. The van der Waals surface area contributed by atoms with Crippen LogP contribution in [0.5, 0.6) is 0 Å². The fourth-order valence-corrected chi connectivity index (χ4v) is 1.49. The third kappa shape index (κ3) is 3.29. The van der Waals surface area contributed by atoms with E-state index in [-0.39, 0.29) is 5.56 Å². The average molecular weight is 269 g/mol. The van der Waals surface area contributed by atoms with Crippen LogP contribution >= 0.6 is 0 Å². The lowest BCUT2D eigenvalue weighted by Gasteiger charge is -2.28. The molecular formula is C13H16FNO4. The van der Waals surface area contributed by atoms with E-state index in [9.17, 15) is 19.1 Å². The Morgan fingerprint density at radius 1 is 1.37 bits per heavy atom. The van der Waals surface area contributed by atoms with Crippen LogP contribution in [0.25, 0.3) is 0 Å². The summed E-state index contributed by atoms with van der Waals surface area (Å²) in [7, 11) is 1.35. The number of amides is 1. The third-order valence-electron chi connectivity index (χ3n) is 2.95. The number of benzene rings is 1. The van der Waals surface area contributed by atoms with E-state index >= 15 is 0 Å². The molecule has 0 spiro atoms. The monoisotopic (exact) mass is 269 g/mol. The van der Waals surface area contributed by atoms with Gasteiger partial charge < -0.3 is 15.2 Å². The van der Waals surface area contributed by atoms with E-state index in [2.05, 4.69) is 5.32 Å². The first-order valence-corrected chi connectivity index (χ1v) is 5.65. The highest BCUT2D eigenvalue weighted by Gasteiger charge is 2.37. The number of nitrogens with one attached hydrogen (secondary N) is 1. The zero-order valence-corrected chi connectivity index (χ0v) is 10.9. The Morgan fingerprint density at radius 3 is 2.32 bits per heavy atom. The summed E-state index contributed by atoms with van der Waals surface area (Å²) >= 11 is 0. The van der Waals surface area contributed by atoms with E-state index in [0.29, 0.717) is 0 Å². The van der Waals surface area contributed by atoms with Gasteiger partial charge in [0.15, 0.2) is 5.54 Å². The van der Waals surface area contributed by atoms with Gasteiger partial charge in [0.25, 0.3) is 0 Å². The molecule has 0 bridgehead atoms. The number of aliphatic carboxylic acids is 1. The first kappa shape index (κ1) is 15.1. The standard InChI is InChI=1S/C13H16FNO4/c1-8(19-3)11(16)15-13(2,12(17)18)9-4-6-10(14)7-5-9/h4-8H,1-3H3,(H,15,16)(H,17,18). The van der Waals surface area contributed by atoms with Gasteiger partial charge in [-0.3, -0.25) is 4.79 Å². The first-order valence-electron chi connectivity index (χ1n) is 5.65. The molecule has 2 atom stereocenters. The Balaban J connectivity index is 3.07. The fourth-order valence-electron chi connectivity index (χ4n) is 1.49. The lowest BCUT2D eigenvalue weighted by atomic mass is 9.91. The number of halogens is 1. The van der Waals surface area contributed by atoms with Crippen LogP contribution in [-0.4, -0.2) is 30.2 Å². The van der Waals surface area contributed by atoms with Crippen LogP contribution in [0.2, 0.25) is 0 Å². The van der Waals surface area contributed by atoms with E-state index in [1.165, 1.54) is 33.1 Å².